The molecule has 2 rings (SSSR count). The molecule has 3 N–H and O–H groups in total. The van der Waals surface area contributed by atoms with E-state index in [4.69, 9.17) is 28.9 Å². The van der Waals surface area contributed by atoms with Gasteiger partial charge in [-0.05, 0) is 24.3 Å². The Hall–Kier alpha value is -1.06. The molecule has 0 saturated carbocycles. The number of nitrogens with one attached hydrogen (secondary N) is 1. The van der Waals surface area contributed by atoms with Crippen LogP contribution in [0, 0.1) is 0 Å². The molecule has 3 nitrogen and oxygen atoms in total. The van der Waals surface area contributed by atoms with Crippen LogP contribution in [0.2, 0.25) is 10.0 Å². The van der Waals surface area contributed by atoms with Gasteiger partial charge in [-0.1, -0.05) is 23.2 Å². The Bertz CT molecular complexity index is 390. The number of hydrazine groups is 1. The van der Waals surface area contributed by atoms with Gasteiger partial charge in [-0.2, -0.15) is 0 Å². The molecule has 0 unspecified atom stereocenters. The van der Waals surface area contributed by atoms with Crippen LogP contribution < -0.4 is 16.2 Å². The van der Waals surface area contributed by atoms with Crippen molar-refractivity contribution in [3.05, 3.63) is 40.1 Å². The molecule has 0 spiro atoms. The van der Waals surface area contributed by atoms with Crippen molar-refractivity contribution in [2.75, 3.05) is 11.6 Å². The molecule has 0 saturated heterocycles. The van der Waals surface area contributed by atoms with Crippen molar-refractivity contribution in [3.8, 4) is 0 Å². The lowest BCUT2D eigenvalue weighted by atomic mass is 10.3. The van der Waals surface area contributed by atoms with Crippen molar-refractivity contribution in [3.63, 3.8) is 0 Å². The first kappa shape index (κ1) is 9.49. The molecule has 1 heterocycles. The van der Waals surface area contributed by atoms with E-state index < -0.39 is 0 Å². The second-order valence-corrected chi connectivity index (χ2v) is 3.82. The van der Waals surface area contributed by atoms with Crippen molar-refractivity contribution in [1.82, 2.24) is 5.43 Å². The topological polar surface area (TPSA) is 41.3 Å². The van der Waals surface area contributed by atoms with E-state index in [1.165, 1.54) is 0 Å². The van der Waals surface area contributed by atoms with Crippen LogP contribution in [0.3, 0.4) is 0 Å². The monoisotopic (exact) mass is 229 g/mol. The van der Waals surface area contributed by atoms with Crippen molar-refractivity contribution < 1.29 is 0 Å². The van der Waals surface area contributed by atoms with Crippen LogP contribution >= 0.6 is 23.2 Å². The summed E-state index contributed by atoms with van der Waals surface area (Å²) in [5.41, 5.74) is 9.43. The van der Waals surface area contributed by atoms with E-state index in [1.807, 2.05) is 17.2 Å². The molecule has 5 heteroatoms. The van der Waals surface area contributed by atoms with E-state index in [-0.39, 0.29) is 0 Å². The van der Waals surface area contributed by atoms with Crippen LogP contribution in [0.25, 0.3) is 0 Å². The quantitative estimate of drug-likeness (QED) is 0.776. The minimum Gasteiger partial charge on any atom is -0.384 e. The van der Waals surface area contributed by atoms with Crippen LogP contribution in [-0.4, -0.2) is 6.54 Å². The summed E-state index contributed by atoms with van der Waals surface area (Å²) in [6.07, 6.45) is 1.88. The molecule has 1 aromatic rings. The highest BCUT2D eigenvalue weighted by Gasteiger charge is 2.14. The number of nitrogens with two attached hydrogens (primary N) is 1. The lowest BCUT2D eigenvalue weighted by molar-refractivity contribution is 0.797. The van der Waals surface area contributed by atoms with E-state index in [9.17, 15) is 0 Å². The highest BCUT2D eigenvalue weighted by atomic mass is 35.5. The fraction of sp³-hybridized carbons (Fsp3) is 0.111. The molecule has 1 aliphatic heterocycles. The fourth-order valence-corrected chi connectivity index (χ4v) is 1.81. The number of hydrogen-bond acceptors (Lipinski definition) is 3. The maximum absolute atomic E-state index is 6.03. The second-order valence-electron chi connectivity index (χ2n) is 2.98. The molecule has 0 fully saturated rings. The van der Waals surface area contributed by atoms with E-state index in [2.05, 4.69) is 5.43 Å². The Balaban J connectivity index is 2.25. The lowest BCUT2D eigenvalue weighted by Crippen LogP contribution is -2.34. The molecular weight excluding hydrogens is 221 g/mol. The number of hydrogen-bond donors (Lipinski definition) is 2. The zero-order chi connectivity index (χ0) is 10.1. The first-order valence-electron chi connectivity index (χ1n) is 4.12. The van der Waals surface area contributed by atoms with Crippen LogP contribution in [0.1, 0.15) is 0 Å². The Morgan fingerprint density at radius 2 is 2.14 bits per heavy atom. The largest absolute Gasteiger partial charge is 0.384 e. The highest BCUT2D eigenvalue weighted by Crippen LogP contribution is 2.28. The molecule has 0 aromatic heterocycles. The summed E-state index contributed by atoms with van der Waals surface area (Å²) < 4.78 is 0. The van der Waals surface area contributed by atoms with Gasteiger partial charge in [0.1, 0.15) is 5.82 Å². The van der Waals surface area contributed by atoms with Crippen LogP contribution in [0.5, 0.6) is 0 Å². The van der Waals surface area contributed by atoms with Crippen LogP contribution in [-0.2, 0) is 0 Å². The van der Waals surface area contributed by atoms with Gasteiger partial charge in [0.2, 0.25) is 0 Å². The molecule has 74 valence electrons. The van der Waals surface area contributed by atoms with Gasteiger partial charge in [-0.15, -0.1) is 0 Å². The average Bonchev–Trinajstić information content (AvgIpc) is 2.51. The third-order valence-electron chi connectivity index (χ3n) is 1.96. The first-order valence-corrected chi connectivity index (χ1v) is 4.87. The van der Waals surface area contributed by atoms with Gasteiger partial charge in [0.05, 0.1) is 17.3 Å². The molecule has 0 amide bonds. The highest BCUT2D eigenvalue weighted by molar-refractivity contribution is 6.36. The summed E-state index contributed by atoms with van der Waals surface area (Å²) in [7, 11) is 0. The van der Waals surface area contributed by atoms with Crippen molar-refractivity contribution in [2.24, 2.45) is 5.73 Å². The van der Waals surface area contributed by atoms with Gasteiger partial charge in [-0.3, -0.25) is 10.4 Å². The Labute approximate surface area is 92.1 Å². The third-order valence-corrected chi connectivity index (χ3v) is 2.50. The molecule has 0 atom stereocenters. The molecule has 1 aromatic carbocycles. The summed E-state index contributed by atoms with van der Waals surface area (Å²) in [5.74, 6) is 0.635. The van der Waals surface area contributed by atoms with Gasteiger partial charge in [-0.25, -0.2) is 0 Å². The molecule has 1 aliphatic rings. The molecule has 0 radical (unpaired) electrons. The fourth-order valence-electron chi connectivity index (χ4n) is 1.30. The summed E-state index contributed by atoms with van der Waals surface area (Å²) in [4.78, 5) is 0. The number of halogens is 2. The Kier molecular flexibility index (Phi) is 2.44. The summed E-state index contributed by atoms with van der Waals surface area (Å²) in [6.45, 7) is 0.702. The molecule has 0 bridgehead atoms. The van der Waals surface area contributed by atoms with E-state index in [0.29, 0.717) is 22.4 Å². The van der Waals surface area contributed by atoms with Crippen molar-refractivity contribution in [1.29, 1.82) is 0 Å². The second kappa shape index (κ2) is 3.59. The minimum atomic E-state index is 0.605. The van der Waals surface area contributed by atoms with E-state index in [1.54, 1.807) is 12.1 Å². The minimum absolute atomic E-state index is 0.605. The standard InChI is InChI=1S/C9H9Cl2N3/c10-6-1-2-8(7(11)5-6)14-4-3-9(12)13-14/h1-3,5,13H,4,12H2. The molecule has 14 heavy (non-hydrogen) atoms. The van der Waals surface area contributed by atoms with Crippen LogP contribution in [0.4, 0.5) is 5.69 Å². The number of rotatable bonds is 1. The zero-order valence-corrected chi connectivity index (χ0v) is 8.81. The SMILES string of the molecule is NC1=CCN(c2ccc(Cl)cc2Cl)N1. The zero-order valence-electron chi connectivity index (χ0n) is 7.30. The lowest BCUT2D eigenvalue weighted by Gasteiger charge is -2.20. The van der Waals surface area contributed by atoms with Gasteiger partial charge in [0, 0.05) is 5.02 Å². The van der Waals surface area contributed by atoms with Crippen molar-refractivity contribution >= 4 is 28.9 Å². The maximum Gasteiger partial charge on any atom is 0.113 e. The maximum atomic E-state index is 6.03. The number of benzene rings is 1. The first-order chi connectivity index (χ1) is 6.66. The van der Waals surface area contributed by atoms with Gasteiger partial charge < -0.3 is 5.73 Å². The van der Waals surface area contributed by atoms with Crippen molar-refractivity contribution in [2.45, 2.75) is 0 Å². The normalized spacial score (nSPS) is 15.3. The van der Waals surface area contributed by atoms with Gasteiger partial charge in [0.25, 0.3) is 0 Å². The van der Waals surface area contributed by atoms with E-state index >= 15 is 0 Å². The summed E-state index contributed by atoms with van der Waals surface area (Å²) in [5, 5.41) is 3.08. The molecular formula is C9H9Cl2N3. The Morgan fingerprint density at radius 3 is 2.71 bits per heavy atom. The number of anilines is 1. The average molecular weight is 230 g/mol. The smallest absolute Gasteiger partial charge is 0.113 e. The van der Waals surface area contributed by atoms with E-state index in [0.717, 1.165) is 5.69 Å². The molecule has 0 aliphatic carbocycles. The predicted molar refractivity (Wildman–Crippen MR) is 59.2 cm³/mol. The van der Waals surface area contributed by atoms with Gasteiger partial charge in [0.15, 0.2) is 0 Å². The Morgan fingerprint density at radius 1 is 1.36 bits per heavy atom. The summed E-state index contributed by atoms with van der Waals surface area (Å²) in [6, 6.07) is 5.34. The third kappa shape index (κ3) is 1.74. The predicted octanol–water partition coefficient (Wildman–Crippen LogP) is 2.12. The number of nitrogens with zero attached hydrogens (tertiary/aromatic N) is 1. The summed E-state index contributed by atoms with van der Waals surface area (Å²) >= 11 is 11.8. The van der Waals surface area contributed by atoms with Crippen LogP contribution in [0.15, 0.2) is 30.1 Å². The van der Waals surface area contributed by atoms with Gasteiger partial charge >= 0.3 is 0 Å².